The molecule has 1 amide bonds. The molecule has 0 spiro atoms. The third kappa shape index (κ3) is 3.50. The highest BCUT2D eigenvalue weighted by molar-refractivity contribution is 5.97. The molecule has 0 fully saturated rings. The summed E-state index contributed by atoms with van der Waals surface area (Å²) in [7, 11) is 0. The van der Waals surface area contributed by atoms with Crippen LogP contribution in [0, 0.1) is 10.1 Å². The molecule has 0 saturated heterocycles. The Hall–Kier alpha value is -3.22. The Morgan fingerprint density at radius 3 is 2.76 bits per heavy atom. The molecule has 0 radical (unpaired) electrons. The molecular weight excluding hydrogens is 324 g/mol. The first-order chi connectivity index (χ1) is 12.0. The number of rotatable bonds is 5. The Labute approximate surface area is 144 Å². The van der Waals surface area contributed by atoms with Gasteiger partial charge in [-0.05, 0) is 31.0 Å². The van der Waals surface area contributed by atoms with Gasteiger partial charge in [0.2, 0.25) is 0 Å². The van der Waals surface area contributed by atoms with Crippen LogP contribution in [-0.4, -0.2) is 29.8 Å². The lowest BCUT2D eigenvalue weighted by Crippen LogP contribution is -2.33. The molecular formula is C18H16N2O5. The Kier molecular flexibility index (Phi) is 4.47. The Balaban J connectivity index is 1.71. The largest absolute Gasteiger partial charge is 0.484 e. The Morgan fingerprint density at radius 1 is 1.24 bits per heavy atom. The zero-order chi connectivity index (χ0) is 18.0. The molecule has 128 valence electrons. The number of nitrogens with zero attached hydrogens (tertiary/aromatic N) is 2. The first kappa shape index (κ1) is 16.6. The normalized spacial score (nSPS) is 12.6. The first-order valence-corrected chi connectivity index (χ1v) is 7.77. The summed E-state index contributed by atoms with van der Waals surface area (Å²) in [4.78, 5) is 35.8. The van der Waals surface area contributed by atoms with Crippen molar-refractivity contribution in [2.45, 2.75) is 13.3 Å². The van der Waals surface area contributed by atoms with Crippen LogP contribution in [0.3, 0.4) is 0 Å². The van der Waals surface area contributed by atoms with E-state index in [0.717, 1.165) is 5.56 Å². The highest BCUT2D eigenvalue weighted by Crippen LogP contribution is 2.31. The summed E-state index contributed by atoms with van der Waals surface area (Å²) in [5.74, 6) is 0.0598. The minimum Gasteiger partial charge on any atom is -0.484 e. The van der Waals surface area contributed by atoms with Gasteiger partial charge in [0, 0.05) is 24.2 Å². The summed E-state index contributed by atoms with van der Waals surface area (Å²) < 4.78 is 5.49. The number of fused-ring (bicyclic) bond motifs is 1. The fourth-order valence-corrected chi connectivity index (χ4v) is 2.77. The number of Topliss-reactive ketones (excluding diaryl/α,β-unsaturated/α-hetero) is 1. The molecule has 0 aromatic heterocycles. The molecule has 0 saturated carbocycles. The van der Waals surface area contributed by atoms with Gasteiger partial charge in [0.05, 0.1) is 10.6 Å². The average molecular weight is 340 g/mol. The van der Waals surface area contributed by atoms with Crippen molar-refractivity contribution in [2.75, 3.05) is 18.1 Å². The number of ketones is 1. The quantitative estimate of drug-likeness (QED) is 0.474. The predicted molar refractivity (Wildman–Crippen MR) is 91.1 cm³/mol. The third-order valence-corrected chi connectivity index (χ3v) is 4.08. The van der Waals surface area contributed by atoms with E-state index < -0.39 is 4.92 Å². The van der Waals surface area contributed by atoms with E-state index in [2.05, 4.69) is 0 Å². The second kappa shape index (κ2) is 6.72. The first-order valence-electron chi connectivity index (χ1n) is 7.77. The molecule has 0 bridgehead atoms. The van der Waals surface area contributed by atoms with Crippen molar-refractivity contribution >= 4 is 23.1 Å². The minimum absolute atomic E-state index is 0.0477. The van der Waals surface area contributed by atoms with E-state index in [1.807, 2.05) is 0 Å². The highest BCUT2D eigenvalue weighted by Gasteiger charge is 2.27. The SMILES string of the molecule is CC(=O)c1cccc(OCC(=O)N2CCc3ccc([N+](=O)[O-])cc32)c1. The van der Waals surface area contributed by atoms with Gasteiger partial charge in [-0.15, -0.1) is 0 Å². The number of carbonyl (C=O) groups is 2. The van der Waals surface area contributed by atoms with Gasteiger partial charge in [-0.25, -0.2) is 0 Å². The number of amides is 1. The van der Waals surface area contributed by atoms with Crippen molar-refractivity contribution in [3.8, 4) is 5.75 Å². The van der Waals surface area contributed by atoms with Crippen molar-refractivity contribution in [2.24, 2.45) is 0 Å². The van der Waals surface area contributed by atoms with Gasteiger partial charge in [0.15, 0.2) is 12.4 Å². The minimum atomic E-state index is -0.481. The number of ether oxygens (including phenoxy) is 1. The lowest BCUT2D eigenvalue weighted by Gasteiger charge is -2.17. The van der Waals surface area contributed by atoms with E-state index in [4.69, 9.17) is 4.74 Å². The average Bonchev–Trinajstić information content (AvgIpc) is 3.03. The molecule has 0 unspecified atom stereocenters. The number of non-ortho nitro benzene ring substituents is 1. The van der Waals surface area contributed by atoms with Crippen LogP contribution < -0.4 is 9.64 Å². The van der Waals surface area contributed by atoms with Gasteiger partial charge in [0.25, 0.3) is 11.6 Å². The van der Waals surface area contributed by atoms with Crippen molar-refractivity contribution in [1.82, 2.24) is 0 Å². The van der Waals surface area contributed by atoms with E-state index in [1.165, 1.54) is 24.0 Å². The van der Waals surface area contributed by atoms with Crippen molar-refractivity contribution in [1.29, 1.82) is 0 Å². The number of benzene rings is 2. The predicted octanol–water partition coefficient (Wildman–Crippen LogP) is 2.77. The number of nitro groups is 1. The lowest BCUT2D eigenvalue weighted by atomic mass is 10.1. The van der Waals surface area contributed by atoms with E-state index >= 15 is 0 Å². The molecule has 1 heterocycles. The number of carbonyl (C=O) groups excluding carboxylic acids is 2. The summed E-state index contributed by atoms with van der Waals surface area (Å²) in [5, 5.41) is 10.9. The monoisotopic (exact) mass is 340 g/mol. The molecule has 2 aromatic rings. The maximum absolute atomic E-state index is 12.4. The summed E-state index contributed by atoms with van der Waals surface area (Å²) in [6.45, 7) is 1.72. The fourth-order valence-electron chi connectivity index (χ4n) is 2.77. The molecule has 1 aliphatic rings. The zero-order valence-electron chi connectivity index (χ0n) is 13.6. The Bertz CT molecular complexity index is 862. The lowest BCUT2D eigenvalue weighted by molar-refractivity contribution is -0.384. The second-order valence-corrected chi connectivity index (χ2v) is 5.74. The van der Waals surface area contributed by atoms with Crippen LogP contribution >= 0.6 is 0 Å². The molecule has 0 N–H and O–H groups in total. The molecule has 2 aromatic carbocycles. The van der Waals surface area contributed by atoms with E-state index in [1.54, 1.807) is 30.3 Å². The van der Waals surface area contributed by atoms with Crippen LogP contribution in [0.25, 0.3) is 0 Å². The number of hydrogen-bond donors (Lipinski definition) is 0. The fraction of sp³-hybridized carbons (Fsp3) is 0.222. The standard InChI is InChI=1S/C18H16N2O5/c1-12(21)14-3-2-4-16(9-14)25-11-18(22)19-8-7-13-5-6-15(20(23)24)10-17(13)19/h2-6,9-10H,7-8,11H2,1H3. The smallest absolute Gasteiger partial charge is 0.271 e. The molecule has 7 heteroatoms. The molecule has 1 aliphatic heterocycles. The van der Waals surface area contributed by atoms with Crippen LogP contribution in [-0.2, 0) is 11.2 Å². The zero-order valence-corrected chi connectivity index (χ0v) is 13.6. The molecule has 25 heavy (non-hydrogen) atoms. The summed E-state index contributed by atoms with van der Waals surface area (Å²) in [6, 6.07) is 11.1. The Morgan fingerprint density at radius 2 is 2.04 bits per heavy atom. The summed E-state index contributed by atoms with van der Waals surface area (Å²) in [5.41, 5.74) is 1.92. The van der Waals surface area contributed by atoms with Gasteiger partial charge in [-0.1, -0.05) is 18.2 Å². The van der Waals surface area contributed by atoms with Gasteiger partial charge >= 0.3 is 0 Å². The molecule has 0 aliphatic carbocycles. The summed E-state index contributed by atoms with van der Waals surface area (Å²) in [6.07, 6.45) is 0.652. The van der Waals surface area contributed by atoms with Crippen LogP contribution in [0.5, 0.6) is 5.75 Å². The molecule has 3 rings (SSSR count). The van der Waals surface area contributed by atoms with E-state index in [0.29, 0.717) is 30.0 Å². The number of anilines is 1. The van der Waals surface area contributed by atoms with Crippen molar-refractivity contribution in [3.05, 3.63) is 63.7 Å². The van der Waals surface area contributed by atoms with Gasteiger partial charge in [0.1, 0.15) is 5.75 Å². The summed E-state index contributed by atoms with van der Waals surface area (Å²) >= 11 is 0. The molecule has 0 atom stereocenters. The van der Waals surface area contributed by atoms with E-state index in [9.17, 15) is 19.7 Å². The van der Waals surface area contributed by atoms with Crippen molar-refractivity contribution in [3.63, 3.8) is 0 Å². The van der Waals surface area contributed by atoms with Crippen molar-refractivity contribution < 1.29 is 19.2 Å². The van der Waals surface area contributed by atoms with E-state index in [-0.39, 0.29) is 24.0 Å². The third-order valence-electron chi connectivity index (χ3n) is 4.08. The van der Waals surface area contributed by atoms with Crippen LogP contribution in [0.4, 0.5) is 11.4 Å². The van der Waals surface area contributed by atoms with Crippen LogP contribution in [0.2, 0.25) is 0 Å². The van der Waals surface area contributed by atoms with Gasteiger partial charge in [-0.2, -0.15) is 0 Å². The molecule has 7 nitrogen and oxygen atoms in total. The van der Waals surface area contributed by atoms with Crippen LogP contribution in [0.1, 0.15) is 22.8 Å². The van der Waals surface area contributed by atoms with Gasteiger partial charge in [-0.3, -0.25) is 19.7 Å². The highest BCUT2D eigenvalue weighted by atomic mass is 16.6. The number of nitro benzene ring substituents is 1. The number of hydrogen-bond acceptors (Lipinski definition) is 5. The maximum Gasteiger partial charge on any atom is 0.271 e. The topological polar surface area (TPSA) is 89.8 Å². The van der Waals surface area contributed by atoms with Gasteiger partial charge < -0.3 is 9.64 Å². The maximum atomic E-state index is 12.4. The van der Waals surface area contributed by atoms with Crippen LogP contribution in [0.15, 0.2) is 42.5 Å². The second-order valence-electron chi connectivity index (χ2n) is 5.74.